The number of likely N-dealkylation sites (N-methyl/N-ethyl adjacent to an activating group) is 2. The number of likely N-dealkylation sites (tertiary alicyclic amines) is 1. The normalized spacial score (nSPS) is 18.2. The second kappa shape index (κ2) is 15.0. The topological polar surface area (TPSA) is 79.0 Å². The van der Waals surface area contributed by atoms with Gasteiger partial charge in [-0.05, 0) is 52.1 Å². The zero-order chi connectivity index (χ0) is 24.1. The molecule has 1 N–H and O–H groups in total. The number of ether oxygens (including phenoxy) is 1. The van der Waals surface area contributed by atoms with E-state index in [0.717, 1.165) is 31.7 Å². The summed E-state index contributed by atoms with van der Waals surface area (Å²) in [6.45, 7) is 15.1. The van der Waals surface area contributed by atoms with Crippen molar-refractivity contribution in [3.05, 3.63) is 11.6 Å². The Balaban J connectivity index is 0.00000206. The third-order valence-corrected chi connectivity index (χ3v) is 5.03. The van der Waals surface area contributed by atoms with Crippen LogP contribution in [0.1, 0.15) is 67.7 Å². The quantitative estimate of drug-likeness (QED) is 0.464. The van der Waals surface area contributed by atoms with Crippen molar-refractivity contribution in [1.82, 2.24) is 15.1 Å². The van der Waals surface area contributed by atoms with Crippen molar-refractivity contribution in [2.75, 3.05) is 33.8 Å². The molecule has 0 spiro atoms. The summed E-state index contributed by atoms with van der Waals surface area (Å²) in [4.78, 5) is 40.4. The van der Waals surface area contributed by atoms with Gasteiger partial charge in [-0.3, -0.25) is 14.5 Å². The maximum Gasteiger partial charge on any atom is 0.333 e. The van der Waals surface area contributed by atoms with Crippen molar-refractivity contribution >= 4 is 17.8 Å². The van der Waals surface area contributed by atoms with Crippen LogP contribution in [-0.2, 0) is 19.1 Å². The van der Waals surface area contributed by atoms with E-state index in [9.17, 15) is 14.4 Å². The van der Waals surface area contributed by atoms with Crippen LogP contribution in [-0.4, -0.2) is 73.5 Å². The summed E-state index contributed by atoms with van der Waals surface area (Å²) in [5.41, 5.74) is 0.475. The molecular formula is C24H45N3O4. The molecule has 2 atom stereocenters. The largest absolute Gasteiger partial charge is 0.463 e. The maximum atomic E-state index is 12.6. The number of hydrogen-bond donors (Lipinski definition) is 1. The van der Waals surface area contributed by atoms with Crippen LogP contribution in [0, 0.1) is 11.8 Å². The molecule has 180 valence electrons. The zero-order valence-corrected chi connectivity index (χ0v) is 21.2. The lowest BCUT2D eigenvalue weighted by Crippen LogP contribution is -2.51. The first-order valence-electron chi connectivity index (χ1n) is 11.5. The Morgan fingerprint density at radius 3 is 2.23 bits per heavy atom. The van der Waals surface area contributed by atoms with E-state index in [2.05, 4.69) is 26.1 Å². The first-order chi connectivity index (χ1) is 14.4. The highest BCUT2D eigenvalue weighted by molar-refractivity contribution is 5.89. The summed E-state index contributed by atoms with van der Waals surface area (Å²) in [6.07, 6.45) is 4.72. The van der Waals surface area contributed by atoms with Crippen LogP contribution in [0.5, 0.6) is 0 Å². The fourth-order valence-electron chi connectivity index (χ4n) is 3.30. The van der Waals surface area contributed by atoms with Crippen LogP contribution in [0.2, 0.25) is 0 Å². The highest BCUT2D eigenvalue weighted by Gasteiger charge is 2.27. The van der Waals surface area contributed by atoms with Gasteiger partial charge < -0.3 is 15.0 Å². The lowest BCUT2D eigenvalue weighted by molar-refractivity contribution is -0.138. The Labute approximate surface area is 189 Å². The van der Waals surface area contributed by atoms with Gasteiger partial charge in [-0.15, -0.1) is 0 Å². The Morgan fingerprint density at radius 1 is 1.16 bits per heavy atom. The molecule has 1 aliphatic rings. The molecule has 1 unspecified atom stereocenters. The standard InChI is InChI=1S/C20H35N3O4.C4H10/c1-7-27-20(26)15(4)12-17(14(2)3)23(6)18(24)13-21-19(25)16-10-8-9-11-22(16)5;1-4(2)3/h12,14,16-17H,7-11,13H2,1-6H3,(H,21,25);4H,1-3H3/b15-12+;/t16-,17?;/m0./s1. The van der Waals surface area contributed by atoms with Gasteiger partial charge in [-0.25, -0.2) is 4.79 Å². The highest BCUT2D eigenvalue weighted by Crippen LogP contribution is 2.16. The molecule has 31 heavy (non-hydrogen) atoms. The van der Waals surface area contributed by atoms with Crippen molar-refractivity contribution in [2.24, 2.45) is 11.8 Å². The summed E-state index contributed by atoms with van der Waals surface area (Å²) in [7, 11) is 3.63. The number of hydrogen-bond acceptors (Lipinski definition) is 5. The van der Waals surface area contributed by atoms with Crippen molar-refractivity contribution in [1.29, 1.82) is 0 Å². The molecule has 1 heterocycles. The molecule has 1 fully saturated rings. The molecule has 1 rings (SSSR count). The maximum absolute atomic E-state index is 12.6. The molecular weight excluding hydrogens is 394 g/mol. The Kier molecular flexibility index (Phi) is 14.1. The molecule has 0 bridgehead atoms. The average molecular weight is 440 g/mol. The van der Waals surface area contributed by atoms with Gasteiger partial charge in [0.05, 0.1) is 25.2 Å². The van der Waals surface area contributed by atoms with E-state index in [4.69, 9.17) is 4.74 Å². The van der Waals surface area contributed by atoms with E-state index in [-0.39, 0.29) is 42.3 Å². The number of rotatable bonds is 8. The Morgan fingerprint density at radius 2 is 1.74 bits per heavy atom. The molecule has 0 aliphatic carbocycles. The number of esters is 1. The number of nitrogens with one attached hydrogen (secondary N) is 1. The predicted octanol–water partition coefficient (Wildman–Crippen LogP) is 3.24. The fraction of sp³-hybridized carbons (Fsp3) is 0.792. The summed E-state index contributed by atoms with van der Waals surface area (Å²) in [5, 5.41) is 2.77. The minimum Gasteiger partial charge on any atom is -0.463 e. The number of carbonyl (C=O) groups excluding carboxylic acids is 3. The third-order valence-electron chi connectivity index (χ3n) is 5.03. The van der Waals surface area contributed by atoms with Crippen LogP contribution in [0.3, 0.4) is 0 Å². The first-order valence-corrected chi connectivity index (χ1v) is 11.5. The van der Waals surface area contributed by atoms with E-state index in [0.29, 0.717) is 12.2 Å². The summed E-state index contributed by atoms with van der Waals surface area (Å²) < 4.78 is 5.01. The molecule has 2 amide bonds. The first kappa shape index (κ1) is 29.1. The second-order valence-corrected chi connectivity index (χ2v) is 9.25. The molecule has 7 nitrogen and oxygen atoms in total. The SMILES string of the molecule is CC(C)C.CCOC(=O)/C(C)=C/C(C(C)C)N(C)C(=O)CNC(=O)[C@@H]1CCCCN1C. The number of nitrogens with zero attached hydrogens (tertiary/aromatic N) is 2. The number of carbonyl (C=O) groups is 3. The van der Waals surface area contributed by atoms with Crippen molar-refractivity contribution in [3.8, 4) is 0 Å². The van der Waals surface area contributed by atoms with Crippen LogP contribution in [0.4, 0.5) is 0 Å². The van der Waals surface area contributed by atoms with Gasteiger partial charge in [0.25, 0.3) is 0 Å². The van der Waals surface area contributed by atoms with Crippen molar-refractivity contribution < 1.29 is 19.1 Å². The molecule has 7 heteroatoms. The van der Waals surface area contributed by atoms with E-state index in [1.54, 1.807) is 31.9 Å². The summed E-state index contributed by atoms with van der Waals surface area (Å²) in [5.74, 6) is 0.285. The van der Waals surface area contributed by atoms with Gasteiger partial charge in [0.15, 0.2) is 0 Å². The van der Waals surface area contributed by atoms with Crippen molar-refractivity contribution in [3.63, 3.8) is 0 Å². The average Bonchev–Trinajstić information content (AvgIpc) is 2.69. The van der Waals surface area contributed by atoms with Gasteiger partial charge in [0.2, 0.25) is 11.8 Å². The van der Waals surface area contributed by atoms with Crippen LogP contribution in [0.15, 0.2) is 11.6 Å². The van der Waals surface area contributed by atoms with Gasteiger partial charge in [0.1, 0.15) is 0 Å². The molecule has 1 saturated heterocycles. The lowest BCUT2D eigenvalue weighted by atomic mass is 10.00. The Bertz CT molecular complexity index is 599. The zero-order valence-electron chi connectivity index (χ0n) is 21.2. The van der Waals surface area contributed by atoms with Crippen molar-refractivity contribution in [2.45, 2.75) is 79.8 Å². The van der Waals surface area contributed by atoms with Crippen LogP contribution in [0.25, 0.3) is 0 Å². The molecule has 0 aromatic heterocycles. The van der Waals surface area contributed by atoms with Gasteiger partial charge in [-0.2, -0.15) is 0 Å². The minimum absolute atomic E-state index is 0.0464. The van der Waals surface area contributed by atoms with Crippen LogP contribution >= 0.6 is 0 Å². The summed E-state index contributed by atoms with van der Waals surface area (Å²) in [6, 6.07) is -0.417. The monoisotopic (exact) mass is 439 g/mol. The fourth-order valence-corrected chi connectivity index (χ4v) is 3.30. The molecule has 1 aliphatic heterocycles. The minimum atomic E-state index is -0.377. The third kappa shape index (κ3) is 11.3. The van der Waals surface area contributed by atoms with E-state index in [1.807, 2.05) is 25.8 Å². The highest BCUT2D eigenvalue weighted by atomic mass is 16.5. The second-order valence-electron chi connectivity index (χ2n) is 9.25. The molecule has 0 radical (unpaired) electrons. The lowest BCUT2D eigenvalue weighted by Gasteiger charge is -2.32. The molecule has 0 saturated carbocycles. The van der Waals surface area contributed by atoms with Crippen LogP contribution < -0.4 is 5.32 Å². The predicted molar refractivity (Wildman–Crippen MR) is 126 cm³/mol. The molecule has 0 aromatic carbocycles. The van der Waals surface area contributed by atoms with E-state index >= 15 is 0 Å². The van der Waals surface area contributed by atoms with E-state index < -0.39 is 0 Å². The van der Waals surface area contributed by atoms with E-state index in [1.165, 1.54) is 0 Å². The smallest absolute Gasteiger partial charge is 0.333 e. The summed E-state index contributed by atoms with van der Waals surface area (Å²) >= 11 is 0. The van der Waals surface area contributed by atoms with Gasteiger partial charge in [-0.1, -0.05) is 47.1 Å². The Hall–Kier alpha value is -1.89. The van der Waals surface area contributed by atoms with Gasteiger partial charge >= 0.3 is 5.97 Å². The number of piperidine rings is 1. The molecule has 0 aromatic rings. The number of amides is 2. The van der Waals surface area contributed by atoms with Gasteiger partial charge in [0, 0.05) is 12.6 Å².